The lowest BCUT2D eigenvalue weighted by atomic mass is 10.1. The molecule has 0 bridgehead atoms. The quantitative estimate of drug-likeness (QED) is 0.388. The number of nitrogens with one attached hydrogen (secondary N) is 2. The van der Waals surface area contributed by atoms with Crippen LogP contribution in [0.2, 0.25) is 0 Å². The van der Waals surface area contributed by atoms with Crippen molar-refractivity contribution in [3.63, 3.8) is 0 Å². The number of amides is 1. The zero-order valence-electron chi connectivity index (χ0n) is 18.0. The molecule has 5 aromatic rings. The highest BCUT2D eigenvalue weighted by Crippen LogP contribution is 2.25. The van der Waals surface area contributed by atoms with E-state index in [1.54, 1.807) is 37.1 Å². The maximum atomic E-state index is 13.3. The lowest BCUT2D eigenvalue weighted by Crippen LogP contribution is -2.15. The molecule has 0 aromatic carbocycles. The van der Waals surface area contributed by atoms with Crippen LogP contribution >= 0.6 is 0 Å². The van der Waals surface area contributed by atoms with Gasteiger partial charge in [0.15, 0.2) is 11.4 Å². The third kappa shape index (κ3) is 3.82. The molecule has 0 fully saturated rings. The molecule has 5 heterocycles. The minimum absolute atomic E-state index is 0.107. The summed E-state index contributed by atoms with van der Waals surface area (Å²) in [4.78, 5) is 49.9. The first kappa shape index (κ1) is 20.4. The summed E-state index contributed by atoms with van der Waals surface area (Å²) < 4.78 is 1.94. The van der Waals surface area contributed by atoms with Crippen LogP contribution in [0.1, 0.15) is 41.4 Å². The summed E-state index contributed by atoms with van der Waals surface area (Å²) in [6.07, 6.45) is 12.9. The fourth-order valence-corrected chi connectivity index (χ4v) is 3.77. The van der Waals surface area contributed by atoms with Gasteiger partial charge >= 0.3 is 0 Å². The minimum Gasteiger partial charge on any atom is -0.344 e. The molecule has 1 amide bonds. The summed E-state index contributed by atoms with van der Waals surface area (Å²) in [5.74, 6) is -0.470. The average molecular weight is 440 g/mol. The van der Waals surface area contributed by atoms with E-state index in [9.17, 15) is 9.59 Å². The van der Waals surface area contributed by atoms with E-state index in [-0.39, 0.29) is 24.2 Å². The van der Waals surface area contributed by atoms with Gasteiger partial charge in [-0.3, -0.25) is 19.6 Å². The predicted molar refractivity (Wildman–Crippen MR) is 122 cm³/mol. The number of rotatable bonds is 6. The van der Waals surface area contributed by atoms with Crippen LogP contribution in [0, 0.1) is 0 Å². The van der Waals surface area contributed by atoms with Crippen LogP contribution in [0.3, 0.4) is 0 Å². The topological polar surface area (TPSA) is 131 Å². The average Bonchev–Trinajstić information content (AvgIpc) is 3.41. The Labute approximate surface area is 188 Å². The number of ketones is 1. The van der Waals surface area contributed by atoms with E-state index in [0.29, 0.717) is 39.0 Å². The number of aromatic nitrogens is 7. The second-order valence-corrected chi connectivity index (χ2v) is 7.89. The van der Waals surface area contributed by atoms with E-state index in [0.717, 1.165) is 5.56 Å². The molecule has 0 aliphatic heterocycles. The van der Waals surface area contributed by atoms with Crippen molar-refractivity contribution in [2.75, 3.05) is 5.32 Å². The SMILES string of the molecule is CC(C)n1cc(C(=O)c2cncc(NC(=O)Cc3c[nH]c4nccnc34)c2)c2cncnc21. The number of H-pyrrole nitrogens is 1. The summed E-state index contributed by atoms with van der Waals surface area (Å²) in [5, 5.41) is 3.48. The Kier molecular flexibility index (Phi) is 5.09. The number of pyridine rings is 1. The molecule has 164 valence electrons. The van der Waals surface area contributed by atoms with Crippen LogP contribution in [0.5, 0.6) is 0 Å². The highest BCUT2D eigenvalue weighted by molar-refractivity contribution is 6.16. The third-order valence-electron chi connectivity index (χ3n) is 5.32. The molecule has 2 N–H and O–H groups in total. The van der Waals surface area contributed by atoms with Crippen molar-refractivity contribution in [2.45, 2.75) is 26.3 Å². The predicted octanol–water partition coefficient (Wildman–Crippen LogP) is 3.09. The molecular formula is C23H20N8O2. The van der Waals surface area contributed by atoms with Gasteiger partial charge in [0.2, 0.25) is 5.91 Å². The van der Waals surface area contributed by atoms with Gasteiger partial charge in [-0.05, 0) is 19.9 Å². The van der Waals surface area contributed by atoms with Crippen molar-refractivity contribution < 1.29 is 9.59 Å². The van der Waals surface area contributed by atoms with E-state index in [1.807, 2.05) is 18.4 Å². The van der Waals surface area contributed by atoms with Crippen molar-refractivity contribution in [1.82, 2.24) is 34.5 Å². The summed E-state index contributed by atoms with van der Waals surface area (Å²) in [6.45, 7) is 4.04. The van der Waals surface area contributed by atoms with Crippen molar-refractivity contribution in [2.24, 2.45) is 0 Å². The van der Waals surface area contributed by atoms with Gasteiger partial charge in [0.05, 0.1) is 23.9 Å². The Bertz CT molecular complexity index is 1500. The number of fused-ring (bicyclic) bond motifs is 2. The summed E-state index contributed by atoms with van der Waals surface area (Å²) in [6, 6.07) is 1.74. The number of carbonyl (C=O) groups is 2. The zero-order valence-corrected chi connectivity index (χ0v) is 18.0. The van der Waals surface area contributed by atoms with Crippen molar-refractivity contribution in [3.8, 4) is 0 Å². The number of nitrogens with zero attached hydrogens (tertiary/aromatic N) is 6. The second kappa shape index (κ2) is 8.23. The molecule has 10 nitrogen and oxygen atoms in total. The van der Waals surface area contributed by atoms with Gasteiger partial charge in [0, 0.05) is 59.7 Å². The van der Waals surface area contributed by atoms with E-state index in [2.05, 4.69) is 35.2 Å². The monoisotopic (exact) mass is 440 g/mol. The van der Waals surface area contributed by atoms with Crippen molar-refractivity contribution in [3.05, 3.63) is 72.5 Å². The summed E-state index contributed by atoms with van der Waals surface area (Å²) in [7, 11) is 0. The first-order valence-electron chi connectivity index (χ1n) is 10.4. The van der Waals surface area contributed by atoms with Gasteiger partial charge in [0.1, 0.15) is 17.5 Å². The number of carbonyl (C=O) groups excluding carboxylic acids is 2. The van der Waals surface area contributed by atoms with Gasteiger partial charge in [-0.2, -0.15) is 0 Å². The first-order chi connectivity index (χ1) is 16.0. The molecule has 0 saturated heterocycles. The molecule has 0 aliphatic carbocycles. The molecule has 5 rings (SSSR count). The zero-order chi connectivity index (χ0) is 22.9. The fraction of sp³-hybridized carbons (Fsp3) is 0.174. The van der Waals surface area contributed by atoms with Crippen molar-refractivity contribution in [1.29, 1.82) is 0 Å². The molecule has 0 atom stereocenters. The molecule has 33 heavy (non-hydrogen) atoms. The van der Waals surface area contributed by atoms with E-state index >= 15 is 0 Å². The summed E-state index contributed by atoms with van der Waals surface area (Å²) in [5.41, 5.74) is 3.98. The summed E-state index contributed by atoms with van der Waals surface area (Å²) >= 11 is 0. The number of anilines is 1. The van der Waals surface area contributed by atoms with E-state index < -0.39 is 0 Å². The molecule has 0 saturated carbocycles. The first-order valence-corrected chi connectivity index (χ1v) is 10.4. The van der Waals surface area contributed by atoms with Gasteiger partial charge in [-0.1, -0.05) is 0 Å². The Morgan fingerprint density at radius 2 is 1.94 bits per heavy atom. The van der Waals surface area contributed by atoms with Gasteiger partial charge in [-0.25, -0.2) is 15.0 Å². The van der Waals surface area contributed by atoms with Crippen LogP contribution < -0.4 is 5.32 Å². The Hall–Kier alpha value is -4.47. The van der Waals surface area contributed by atoms with Crippen LogP contribution in [-0.2, 0) is 11.2 Å². The lowest BCUT2D eigenvalue weighted by Gasteiger charge is -2.07. The number of hydrogen-bond acceptors (Lipinski definition) is 7. The van der Waals surface area contributed by atoms with Crippen LogP contribution in [0.15, 0.2) is 55.8 Å². The standard InChI is InChI=1S/C23H20N8O2/c1-13(2)31-11-18(17-10-25-12-29-23(17)31)21(33)15-5-16(9-24-7-15)30-19(32)6-14-8-28-22-20(14)26-3-4-27-22/h3-5,7-13H,6H2,1-2H3,(H,27,28)(H,30,32). The van der Waals surface area contributed by atoms with Gasteiger partial charge in [-0.15, -0.1) is 0 Å². The normalized spacial score (nSPS) is 11.4. The largest absolute Gasteiger partial charge is 0.344 e. The third-order valence-corrected chi connectivity index (χ3v) is 5.32. The van der Waals surface area contributed by atoms with Crippen molar-refractivity contribution >= 4 is 39.6 Å². The molecule has 10 heteroatoms. The Balaban J connectivity index is 1.39. The fourth-order valence-electron chi connectivity index (χ4n) is 3.77. The minimum atomic E-state index is -0.252. The van der Waals surface area contributed by atoms with E-state index in [4.69, 9.17) is 0 Å². The molecule has 0 unspecified atom stereocenters. The smallest absolute Gasteiger partial charge is 0.228 e. The molecular weight excluding hydrogens is 420 g/mol. The Morgan fingerprint density at radius 1 is 1.09 bits per heavy atom. The molecule has 0 radical (unpaired) electrons. The number of hydrogen-bond donors (Lipinski definition) is 2. The Morgan fingerprint density at radius 3 is 2.79 bits per heavy atom. The molecule has 5 aromatic heterocycles. The number of aromatic amines is 1. The van der Waals surface area contributed by atoms with Gasteiger partial charge < -0.3 is 14.9 Å². The molecule has 0 aliphatic rings. The maximum absolute atomic E-state index is 13.3. The highest BCUT2D eigenvalue weighted by Gasteiger charge is 2.20. The lowest BCUT2D eigenvalue weighted by molar-refractivity contribution is -0.115. The van der Waals surface area contributed by atoms with Crippen LogP contribution in [0.4, 0.5) is 5.69 Å². The van der Waals surface area contributed by atoms with Gasteiger partial charge in [0.25, 0.3) is 0 Å². The maximum Gasteiger partial charge on any atom is 0.228 e. The van der Waals surface area contributed by atoms with Crippen LogP contribution in [-0.4, -0.2) is 46.2 Å². The van der Waals surface area contributed by atoms with E-state index in [1.165, 1.54) is 18.7 Å². The van der Waals surface area contributed by atoms with Crippen LogP contribution in [0.25, 0.3) is 22.2 Å². The highest BCUT2D eigenvalue weighted by atomic mass is 16.1. The molecule has 0 spiro atoms. The second-order valence-electron chi connectivity index (χ2n) is 7.89.